The zero-order valence-corrected chi connectivity index (χ0v) is 16.4. The summed E-state index contributed by atoms with van der Waals surface area (Å²) < 4.78 is 10.6. The maximum Gasteiger partial charge on any atom is 0.332 e. The van der Waals surface area contributed by atoms with Gasteiger partial charge in [-0.15, -0.1) is 0 Å². The molecular formula is C20H26N2O5. The Bertz CT molecular complexity index is 769. The number of hydrogen-bond donors (Lipinski definition) is 1. The Hall–Kier alpha value is -2.83. The van der Waals surface area contributed by atoms with Crippen molar-refractivity contribution in [3.63, 3.8) is 0 Å². The van der Waals surface area contributed by atoms with Crippen molar-refractivity contribution in [3.05, 3.63) is 42.0 Å². The SMILES string of the molecule is C=C(C)COc1ccc(C2(C)NC(=O)N(C(C)(C)C(=O)OCC)C2=O)cc1. The largest absolute Gasteiger partial charge is 0.489 e. The zero-order valence-electron chi connectivity index (χ0n) is 16.4. The fourth-order valence-electron chi connectivity index (χ4n) is 2.83. The summed E-state index contributed by atoms with van der Waals surface area (Å²) in [6, 6.07) is 6.24. The van der Waals surface area contributed by atoms with Crippen LogP contribution in [0.3, 0.4) is 0 Å². The van der Waals surface area contributed by atoms with Crippen LogP contribution in [0.2, 0.25) is 0 Å². The molecule has 1 saturated heterocycles. The normalized spacial score (nSPS) is 19.7. The summed E-state index contributed by atoms with van der Waals surface area (Å²) in [6.45, 7) is 12.5. The van der Waals surface area contributed by atoms with Crippen molar-refractivity contribution < 1.29 is 23.9 Å². The van der Waals surface area contributed by atoms with E-state index in [1.54, 1.807) is 38.1 Å². The number of urea groups is 1. The molecule has 0 bridgehead atoms. The molecule has 0 aliphatic carbocycles. The second-order valence-corrected chi connectivity index (χ2v) is 7.25. The van der Waals surface area contributed by atoms with Crippen LogP contribution in [0, 0.1) is 0 Å². The molecule has 3 amide bonds. The Morgan fingerprint density at radius 2 is 1.85 bits per heavy atom. The van der Waals surface area contributed by atoms with Crippen LogP contribution in [0.4, 0.5) is 4.79 Å². The topological polar surface area (TPSA) is 84.9 Å². The minimum atomic E-state index is -1.42. The first kappa shape index (κ1) is 20.5. The van der Waals surface area contributed by atoms with Gasteiger partial charge in [0.25, 0.3) is 5.91 Å². The van der Waals surface area contributed by atoms with Crippen LogP contribution in [0.25, 0.3) is 0 Å². The lowest BCUT2D eigenvalue weighted by molar-refractivity contribution is -0.158. The van der Waals surface area contributed by atoms with Gasteiger partial charge in [0.2, 0.25) is 0 Å². The van der Waals surface area contributed by atoms with Crippen LogP contribution < -0.4 is 10.1 Å². The van der Waals surface area contributed by atoms with Gasteiger partial charge in [0.05, 0.1) is 6.61 Å². The number of rotatable bonds is 7. The molecule has 1 N–H and O–H groups in total. The predicted molar refractivity (Wildman–Crippen MR) is 100 cm³/mol. The second-order valence-electron chi connectivity index (χ2n) is 7.25. The third kappa shape index (κ3) is 3.82. The smallest absolute Gasteiger partial charge is 0.332 e. The van der Waals surface area contributed by atoms with Crippen LogP contribution in [-0.4, -0.2) is 41.6 Å². The lowest BCUT2D eigenvalue weighted by Crippen LogP contribution is -2.54. The van der Waals surface area contributed by atoms with Crippen LogP contribution in [0.15, 0.2) is 36.4 Å². The molecule has 1 atom stereocenters. The fourth-order valence-corrected chi connectivity index (χ4v) is 2.83. The first-order valence-electron chi connectivity index (χ1n) is 8.75. The Kier molecular flexibility index (Phi) is 5.63. The van der Waals surface area contributed by atoms with Crippen molar-refractivity contribution in [3.8, 4) is 5.75 Å². The van der Waals surface area contributed by atoms with Crippen LogP contribution in [0.5, 0.6) is 5.75 Å². The molecule has 1 aliphatic heterocycles. The number of hydrogen-bond acceptors (Lipinski definition) is 5. The van der Waals surface area contributed by atoms with Crippen molar-refractivity contribution >= 4 is 17.9 Å². The van der Waals surface area contributed by atoms with Gasteiger partial charge in [-0.25, -0.2) is 14.5 Å². The molecule has 27 heavy (non-hydrogen) atoms. The van der Waals surface area contributed by atoms with E-state index in [4.69, 9.17) is 9.47 Å². The van der Waals surface area contributed by atoms with E-state index in [1.165, 1.54) is 13.8 Å². The molecule has 0 spiro atoms. The average molecular weight is 374 g/mol. The lowest BCUT2D eigenvalue weighted by atomic mass is 9.90. The van der Waals surface area contributed by atoms with E-state index in [0.29, 0.717) is 17.9 Å². The predicted octanol–water partition coefficient (Wildman–Crippen LogP) is 2.75. The Morgan fingerprint density at radius 1 is 1.26 bits per heavy atom. The molecule has 0 aromatic heterocycles. The number of ether oxygens (including phenoxy) is 2. The van der Waals surface area contributed by atoms with Crippen LogP contribution >= 0.6 is 0 Å². The lowest BCUT2D eigenvalue weighted by Gasteiger charge is -2.31. The van der Waals surface area contributed by atoms with E-state index in [9.17, 15) is 14.4 Å². The molecule has 1 fully saturated rings. The first-order valence-corrected chi connectivity index (χ1v) is 8.75. The van der Waals surface area contributed by atoms with E-state index in [0.717, 1.165) is 10.5 Å². The van der Waals surface area contributed by atoms with Crippen molar-refractivity contribution in [2.45, 2.75) is 45.7 Å². The van der Waals surface area contributed by atoms with Gasteiger partial charge in [-0.3, -0.25) is 4.79 Å². The summed E-state index contributed by atoms with van der Waals surface area (Å²) >= 11 is 0. The van der Waals surface area contributed by atoms with Gasteiger partial charge in [0, 0.05) is 0 Å². The van der Waals surface area contributed by atoms with Gasteiger partial charge in [-0.1, -0.05) is 18.7 Å². The van der Waals surface area contributed by atoms with E-state index >= 15 is 0 Å². The van der Waals surface area contributed by atoms with Crippen molar-refractivity contribution in [1.29, 1.82) is 0 Å². The number of imide groups is 1. The molecule has 0 radical (unpaired) electrons. The Morgan fingerprint density at radius 3 is 2.37 bits per heavy atom. The Labute approximate surface area is 159 Å². The summed E-state index contributed by atoms with van der Waals surface area (Å²) in [4.78, 5) is 38.8. The molecule has 7 nitrogen and oxygen atoms in total. The number of carbonyl (C=O) groups is 3. The molecule has 146 valence electrons. The summed E-state index contributed by atoms with van der Waals surface area (Å²) in [5, 5.41) is 2.69. The van der Waals surface area contributed by atoms with Crippen molar-refractivity contribution in [2.75, 3.05) is 13.2 Å². The highest BCUT2D eigenvalue weighted by atomic mass is 16.5. The highest BCUT2D eigenvalue weighted by Gasteiger charge is 2.56. The standard InChI is InChI=1S/C20H26N2O5/c1-7-26-17(24)19(4,5)22-16(23)20(6,21-18(22)25)14-8-10-15(11-9-14)27-12-13(2)3/h8-11H,2,7,12H2,1,3-6H3,(H,21,25). The van der Waals surface area contributed by atoms with Crippen molar-refractivity contribution in [2.24, 2.45) is 0 Å². The molecule has 1 heterocycles. The minimum absolute atomic E-state index is 0.162. The second kappa shape index (κ2) is 7.42. The third-order valence-electron chi connectivity index (χ3n) is 4.44. The number of amides is 3. The van der Waals surface area contributed by atoms with E-state index in [2.05, 4.69) is 11.9 Å². The molecule has 1 aliphatic rings. The first-order chi connectivity index (χ1) is 12.5. The number of nitrogens with one attached hydrogen (secondary N) is 1. The molecule has 7 heteroatoms. The maximum atomic E-state index is 13.1. The highest BCUT2D eigenvalue weighted by Crippen LogP contribution is 2.34. The van der Waals surface area contributed by atoms with Gasteiger partial charge >= 0.3 is 12.0 Å². The van der Waals surface area contributed by atoms with Crippen LogP contribution in [-0.2, 0) is 19.9 Å². The fraction of sp³-hybridized carbons (Fsp3) is 0.450. The summed E-state index contributed by atoms with van der Waals surface area (Å²) in [7, 11) is 0. The van der Waals surface area contributed by atoms with Gasteiger partial charge in [0.1, 0.15) is 23.4 Å². The van der Waals surface area contributed by atoms with Gasteiger partial charge in [-0.2, -0.15) is 0 Å². The molecule has 1 aromatic rings. The Balaban J connectivity index is 2.28. The number of esters is 1. The number of benzene rings is 1. The van der Waals surface area contributed by atoms with E-state index in [-0.39, 0.29) is 6.61 Å². The number of nitrogens with zero attached hydrogens (tertiary/aromatic N) is 1. The van der Waals surface area contributed by atoms with Gasteiger partial charge in [0.15, 0.2) is 0 Å². The number of carbonyl (C=O) groups excluding carboxylic acids is 3. The van der Waals surface area contributed by atoms with E-state index < -0.39 is 29.0 Å². The average Bonchev–Trinajstić information content (AvgIpc) is 2.84. The molecule has 1 aromatic carbocycles. The zero-order chi connectivity index (χ0) is 20.4. The van der Waals surface area contributed by atoms with E-state index in [1.807, 2.05) is 6.92 Å². The summed E-state index contributed by atoms with van der Waals surface area (Å²) in [6.07, 6.45) is 0. The van der Waals surface area contributed by atoms with Gasteiger partial charge in [-0.05, 0) is 57.9 Å². The molecule has 2 rings (SSSR count). The van der Waals surface area contributed by atoms with Gasteiger partial charge < -0.3 is 14.8 Å². The summed E-state index contributed by atoms with van der Waals surface area (Å²) in [5.74, 6) is -0.520. The highest BCUT2D eigenvalue weighted by molar-refractivity contribution is 6.10. The maximum absolute atomic E-state index is 13.1. The molecule has 0 saturated carbocycles. The summed E-state index contributed by atoms with van der Waals surface area (Å²) in [5.41, 5.74) is -1.22. The molecular weight excluding hydrogens is 348 g/mol. The molecule has 1 unspecified atom stereocenters. The minimum Gasteiger partial charge on any atom is -0.489 e. The monoisotopic (exact) mass is 374 g/mol. The van der Waals surface area contributed by atoms with Crippen LogP contribution in [0.1, 0.15) is 40.2 Å². The third-order valence-corrected chi connectivity index (χ3v) is 4.44. The van der Waals surface area contributed by atoms with Crippen molar-refractivity contribution in [1.82, 2.24) is 10.2 Å². The quantitative estimate of drug-likeness (QED) is 0.451.